The second-order valence-corrected chi connectivity index (χ2v) is 5.09. The fourth-order valence-electron chi connectivity index (χ4n) is 1.30. The van der Waals surface area contributed by atoms with Crippen molar-refractivity contribution in [2.75, 3.05) is 0 Å². The Morgan fingerprint density at radius 3 is 2.46 bits per heavy atom. The van der Waals surface area contributed by atoms with Crippen LogP contribution in [0, 0.1) is 19.8 Å². The molecule has 0 aliphatic rings. The van der Waals surface area contributed by atoms with Crippen molar-refractivity contribution < 1.29 is 0 Å². The maximum Gasteiger partial charge on any atom is 0.0415 e. The number of thiophene rings is 1. The molecule has 2 atom stereocenters. The van der Waals surface area contributed by atoms with Gasteiger partial charge in [-0.1, -0.05) is 20.3 Å². The molecule has 0 amide bonds. The van der Waals surface area contributed by atoms with E-state index in [2.05, 4.69) is 33.8 Å². The first-order valence-corrected chi connectivity index (χ1v) is 5.70. The number of rotatable bonds is 3. The van der Waals surface area contributed by atoms with Crippen LogP contribution in [-0.2, 0) is 0 Å². The average Bonchev–Trinajstić information content (AvgIpc) is 2.44. The first-order valence-electron chi connectivity index (χ1n) is 4.88. The minimum atomic E-state index is 0.224. The van der Waals surface area contributed by atoms with E-state index >= 15 is 0 Å². The summed E-state index contributed by atoms with van der Waals surface area (Å²) in [5.74, 6) is 0.581. The predicted molar refractivity (Wildman–Crippen MR) is 60.2 cm³/mol. The van der Waals surface area contributed by atoms with Crippen LogP contribution in [0.5, 0.6) is 0 Å². The summed E-state index contributed by atoms with van der Waals surface area (Å²) in [5.41, 5.74) is 7.52. The molecule has 1 rings (SSSR count). The monoisotopic (exact) mass is 197 g/mol. The van der Waals surface area contributed by atoms with Gasteiger partial charge in [0.15, 0.2) is 0 Å². The van der Waals surface area contributed by atoms with E-state index in [1.165, 1.54) is 15.3 Å². The van der Waals surface area contributed by atoms with Crippen LogP contribution in [0.4, 0.5) is 0 Å². The van der Waals surface area contributed by atoms with Gasteiger partial charge >= 0.3 is 0 Å². The van der Waals surface area contributed by atoms with Crippen molar-refractivity contribution in [3.05, 3.63) is 21.4 Å². The van der Waals surface area contributed by atoms with Crippen molar-refractivity contribution in [1.29, 1.82) is 0 Å². The van der Waals surface area contributed by atoms with Crippen LogP contribution in [0.1, 0.15) is 41.6 Å². The van der Waals surface area contributed by atoms with Gasteiger partial charge in [-0.3, -0.25) is 0 Å². The number of hydrogen-bond acceptors (Lipinski definition) is 2. The molecule has 0 saturated heterocycles. The van der Waals surface area contributed by atoms with E-state index < -0.39 is 0 Å². The first-order chi connectivity index (χ1) is 6.06. The summed E-state index contributed by atoms with van der Waals surface area (Å²) in [4.78, 5) is 2.73. The average molecular weight is 197 g/mol. The molecule has 0 aliphatic carbocycles. The summed E-state index contributed by atoms with van der Waals surface area (Å²) in [6.07, 6.45) is 1.15. The Bertz CT molecular complexity index is 258. The summed E-state index contributed by atoms with van der Waals surface area (Å²) < 4.78 is 0. The van der Waals surface area contributed by atoms with Gasteiger partial charge in [0.2, 0.25) is 0 Å². The van der Waals surface area contributed by atoms with Crippen molar-refractivity contribution in [3.8, 4) is 0 Å². The molecule has 1 nitrogen and oxygen atoms in total. The maximum absolute atomic E-state index is 6.14. The fraction of sp³-hybridized carbons (Fsp3) is 0.636. The molecule has 1 aromatic heterocycles. The molecule has 2 unspecified atom stereocenters. The van der Waals surface area contributed by atoms with E-state index in [1.54, 1.807) is 0 Å². The van der Waals surface area contributed by atoms with Gasteiger partial charge < -0.3 is 5.73 Å². The Balaban J connectivity index is 2.82. The molecule has 0 saturated carbocycles. The molecular formula is C11H19NS. The molecule has 0 spiro atoms. The first kappa shape index (κ1) is 10.7. The molecule has 1 aromatic rings. The molecule has 74 valence electrons. The fourth-order valence-corrected chi connectivity index (χ4v) is 2.48. The largest absolute Gasteiger partial charge is 0.323 e. The third kappa shape index (κ3) is 2.32. The van der Waals surface area contributed by atoms with Crippen LogP contribution in [0.25, 0.3) is 0 Å². The highest BCUT2D eigenvalue weighted by molar-refractivity contribution is 7.12. The van der Waals surface area contributed by atoms with Gasteiger partial charge in [-0.25, -0.2) is 0 Å². The highest BCUT2D eigenvalue weighted by Crippen LogP contribution is 2.30. The third-order valence-electron chi connectivity index (χ3n) is 2.77. The van der Waals surface area contributed by atoms with Gasteiger partial charge in [0.25, 0.3) is 0 Å². The van der Waals surface area contributed by atoms with Gasteiger partial charge in [-0.05, 0) is 31.4 Å². The number of hydrogen-bond donors (Lipinski definition) is 1. The van der Waals surface area contributed by atoms with Gasteiger partial charge in [-0.2, -0.15) is 0 Å². The smallest absolute Gasteiger partial charge is 0.0415 e. The van der Waals surface area contributed by atoms with Gasteiger partial charge in [-0.15, -0.1) is 11.3 Å². The highest BCUT2D eigenvalue weighted by atomic mass is 32.1. The summed E-state index contributed by atoms with van der Waals surface area (Å²) in [6, 6.07) is 2.46. The normalized spacial score (nSPS) is 15.8. The molecule has 2 N–H and O–H groups in total. The third-order valence-corrected chi connectivity index (χ3v) is 4.02. The summed E-state index contributed by atoms with van der Waals surface area (Å²) >= 11 is 1.84. The van der Waals surface area contributed by atoms with E-state index in [0.717, 1.165) is 6.42 Å². The van der Waals surface area contributed by atoms with Gasteiger partial charge in [0.1, 0.15) is 0 Å². The van der Waals surface area contributed by atoms with Crippen molar-refractivity contribution in [2.45, 2.75) is 40.2 Å². The minimum Gasteiger partial charge on any atom is -0.323 e. The Kier molecular flexibility index (Phi) is 3.51. The molecule has 0 aliphatic heterocycles. The molecule has 0 bridgehead atoms. The summed E-state index contributed by atoms with van der Waals surface area (Å²) in [6.45, 7) is 8.72. The van der Waals surface area contributed by atoms with E-state index in [9.17, 15) is 0 Å². The lowest BCUT2D eigenvalue weighted by atomic mass is 9.98. The number of aryl methyl sites for hydroxylation is 2. The Hall–Kier alpha value is -0.340. The number of nitrogens with two attached hydrogens (primary N) is 1. The lowest BCUT2D eigenvalue weighted by Gasteiger charge is -2.16. The zero-order valence-electron chi connectivity index (χ0n) is 8.92. The van der Waals surface area contributed by atoms with Crippen LogP contribution in [0.3, 0.4) is 0 Å². The topological polar surface area (TPSA) is 26.0 Å². The van der Waals surface area contributed by atoms with E-state index in [4.69, 9.17) is 5.73 Å². The predicted octanol–water partition coefficient (Wildman–Crippen LogP) is 3.41. The second-order valence-electron chi connectivity index (χ2n) is 3.80. The lowest BCUT2D eigenvalue weighted by Crippen LogP contribution is -2.17. The van der Waals surface area contributed by atoms with Crippen LogP contribution >= 0.6 is 11.3 Å². The van der Waals surface area contributed by atoms with Crippen LogP contribution < -0.4 is 5.73 Å². The lowest BCUT2D eigenvalue weighted by molar-refractivity contribution is 0.462. The van der Waals surface area contributed by atoms with Crippen LogP contribution in [-0.4, -0.2) is 0 Å². The van der Waals surface area contributed by atoms with Gasteiger partial charge in [0, 0.05) is 15.8 Å². The molecule has 0 radical (unpaired) electrons. The molecule has 13 heavy (non-hydrogen) atoms. The molecule has 1 heterocycles. The Morgan fingerprint density at radius 2 is 2.08 bits per heavy atom. The minimum absolute atomic E-state index is 0.224. The van der Waals surface area contributed by atoms with Crippen molar-refractivity contribution in [2.24, 2.45) is 11.7 Å². The molecule has 2 heteroatoms. The zero-order chi connectivity index (χ0) is 10.0. The van der Waals surface area contributed by atoms with E-state index in [1.807, 2.05) is 11.3 Å². The SMILES string of the molecule is CCC(C)C(N)c1cc(C)c(C)s1. The maximum atomic E-state index is 6.14. The summed E-state index contributed by atoms with van der Waals surface area (Å²) in [7, 11) is 0. The standard InChI is InChI=1S/C11H19NS/c1-5-7(2)11(12)10-6-8(3)9(4)13-10/h6-7,11H,5,12H2,1-4H3. The highest BCUT2D eigenvalue weighted by Gasteiger charge is 2.15. The van der Waals surface area contributed by atoms with Crippen molar-refractivity contribution in [1.82, 2.24) is 0 Å². The van der Waals surface area contributed by atoms with Crippen molar-refractivity contribution >= 4 is 11.3 Å². The second kappa shape index (κ2) is 4.25. The van der Waals surface area contributed by atoms with E-state index in [0.29, 0.717) is 5.92 Å². The van der Waals surface area contributed by atoms with E-state index in [-0.39, 0.29) is 6.04 Å². The Morgan fingerprint density at radius 1 is 1.46 bits per heavy atom. The molecular weight excluding hydrogens is 178 g/mol. The van der Waals surface area contributed by atoms with Gasteiger partial charge in [0.05, 0.1) is 0 Å². The molecule has 0 aromatic carbocycles. The summed E-state index contributed by atoms with van der Waals surface area (Å²) in [5, 5.41) is 0. The Labute approximate surface area is 85.0 Å². The zero-order valence-corrected chi connectivity index (χ0v) is 9.74. The van der Waals surface area contributed by atoms with Crippen molar-refractivity contribution in [3.63, 3.8) is 0 Å². The van der Waals surface area contributed by atoms with Crippen LogP contribution in [0.15, 0.2) is 6.07 Å². The quantitative estimate of drug-likeness (QED) is 0.789. The molecule has 0 fully saturated rings. The van der Waals surface area contributed by atoms with Crippen LogP contribution in [0.2, 0.25) is 0 Å².